The standard InChI is InChI=1S/C25H33N3O4S/c1-21-8-10-23(11-9-21)33(30,31)32-28-14-12-25(13-15-28,20-22-6-4-3-5-7-22)24(29)27-18-16-26(2)17-19-27/h3-11H,12-20H2,1-2H3. The van der Waals surface area contributed by atoms with Gasteiger partial charge in [-0.1, -0.05) is 48.0 Å². The van der Waals surface area contributed by atoms with E-state index >= 15 is 0 Å². The second kappa shape index (κ2) is 9.93. The van der Waals surface area contributed by atoms with Crippen LogP contribution in [0.25, 0.3) is 0 Å². The van der Waals surface area contributed by atoms with Crippen LogP contribution in [0.2, 0.25) is 0 Å². The number of carbonyl (C=O) groups excluding carboxylic acids is 1. The van der Waals surface area contributed by atoms with Crippen LogP contribution in [-0.2, 0) is 25.6 Å². The van der Waals surface area contributed by atoms with Gasteiger partial charge in [0, 0.05) is 39.3 Å². The Kier molecular flexibility index (Phi) is 7.19. The Morgan fingerprint density at radius 3 is 2.12 bits per heavy atom. The zero-order valence-electron chi connectivity index (χ0n) is 19.4. The van der Waals surface area contributed by atoms with Crippen molar-refractivity contribution in [3.8, 4) is 0 Å². The largest absolute Gasteiger partial charge is 0.340 e. The van der Waals surface area contributed by atoms with E-state index in [1.165, 1.54) is 5.06 Å². The summed E-state index contributed by atoms with van der Waals surface area (Å²) in [5, 5.41) is 1.50. The molecule has 0 atom stereocenters. The third-order valence-electron chi connectivity index (χ3n) is 6.82. The highest BCUT2D eigenvalue weighted by Crippen LogP contribution is 2.38. The Morgan fingerprint density at radius 2 is 1.52 bits per heavy atom. The number of hydroxylamine groups is 2. The molecule has 178 valence electrons. The number of piperidine rings is 1. The molecule has 0 radical (unpaired) electrons. The van der Waals surface area contributed by atoms with Crippen LogP contribution in [0.1, 0.15) is 24.0 Å². The minimum atomic E-state index is -3.89. The van der Waals surface area contributed by atoms with Gasteiger partial charge in [0.05, 0.1) is 10.3 Å². The molecule has 2 saturated heterocycles. The summed E-state index contributed by atoms with van der Waals surface area (Å²) < 4.78 is 30.9. The number of hydrogen-bond donors (Lipinski definition) is 0. The summed E-state index contributed by atoms with van der Waals surface area (Å²) in [4.78, 5) is 18.1. The topological polar surface area (TPSA) is 70.2 Å². The van der Waals surface area contributed by atoms with Crippen LogP contribution in [-0.4, -0.2) is 75.5 Å². The molecule has 0 bridgehead atoms. The highest BCUT2D eigenvalue weighted by atomic mass is 32.2. The third kappa shape index (κ3) is 5.63. The van der Waals surface area contributed by atoms with Gasteiger partial charge < -0.3 is 9.80 Å². The van der Waals surface area contributed by atoms with Crippen molar-refractivity contribution in [3.63, 3.8) is 0 Å². The lowest BCUT2D eigenvalue weighted by atomic mass is 9.72. The van der Waals surface area contributed by atoms with E-state index in [9.17, 15) is 13.2 Å². The minimum Gasteiger partial charge on any atom is -0.340 e. The molecule has 0 saturated carbocycles. The first kappa shape index (κ1) is 23.9. The molecule has 2 aliphatic rings. The Morgan fingerprint density at radius 1 is 0.909 bits per heavy atom. The Labute approximate surface area is 197 Å². The number of aryl methyl sites for hydroxylation is 1. The van der Waals surface area contributed by atoms with Gasteiger partial charge in [0.15, 0.2) is 0 Å². The summed E-state index contributed by atoms with van der Waals surface area (Å²) in [6.45, 7) is 5.89. The number of benzene rings is 2. The lowest BCUT2D eigenvalue weighted by molar-refractivity contribution is -0.154. The number of carbonyl (C=O) groups is 1. The maximum atomic E-state index is 13.8. The van der Waals surface area contributed by atoms with Crippen molar-refractivity contribution >= 4 is 16.0 Å². The van der Waals surface area contributed by atoms with E-state index in [1.807, 2.05) is 30.0 Å². The molecule has 8 heteroatoms. The molecule has 2 aromatic carbocycles. The van der Waals surface area contributed by atoms with Crippen LogP contribution < -0.4 is 0 Å². The van der Waals surface area contributed by atoms with Crippen molar-refractivity contribution in [1.29, 1.82) is 0 Å². The monoisotopic (exact) mass is 471 g/mol. The first-order valence-electron chi connectivity index (χ1n) is 11.6. The fourth-order valence-electron chi connectivity index (χ4n) is 4.67. The van der Waals surface area contributed by atoms with Crippen LogP contribution in [0, 0.1) is 12.3 Å². The fraction of sp³-hybridized carbons (Fsp3) is 0.480. The van der Waals surface area contributed by atoms with E-state index in [-0.39, 0.29) is 10.8 Å². The van der Waals surface area contributed by atoms with Crippen LogP contribution in [0.15, 0.2) is 59.5 Å². The molecule has 2 aromatic rings. The summed E-state index contributed by atoms with van der Waals surface area (Å²) >= 11 is 0. The van der Waals surface area contributed by atoms with Crippen molar-refractivity contribution < 1.29 is 17.5 Å². The Hall–Kier alpha value is -2.26. The molecule has 7 nitrogen and oxygen atoms in total. The van der Waals surface area contributed by atoms with Crippen LogP contribution in [0.5, 0.6) is 0 Å². The van der Waals surface area contributed by atoms with Crippen LogP contribution >= 0.6 is 0 Å². The summed E-state index contributed by atoms with van der Waals surface area (Å²) in [5.74, 6) is 0.181. The second-order valence-corrected chi connectivity index (χ2v) is 10.8. The highest BCUT2D eigenvalue weighted by Gasteiger charge is 2.45. The molecule has 1 amide bonds. The number of piperazine rings is 1. The zero-order chi connectivity index (χ0) is 23.5. The zero-order valence-corrected chi connectivity index (χ0v) is 20.3. The van der Waals surface area contributed by atoms with Gasteiger partial charge in [-0.25, -0.2) is 0 Å². The van der Waals surface area contributed by atoms with E-state index in [0.717, 1.165) is 37.3 Å². The highest BCUT2D eigenvalue weighted by molar-refractivity contribution is 7.86. The summed E-state index contributed by atoms with van der Waals surface area (Å²) in [5.41, 5.74) is 1.56. The summed E-state index contributed by atoms with van der Waals surface area (Å²) in [7, 11) is -1.82. The maximum absolute atomic E-state index is 13.8. The molecular formula is C25H33N3O4S. The lowest BCUT2D eigenvalue weighted by Crippen LogP contribution is -2.55. The lowest BCUT2D eigenvalue weighted by Gasteiger charge is -2.44. The quantitative estimate of drug-likeness (QED) is 0.645. The van der Waals surface area contributed by atoms with E-state index in [4.69, 9.17) is 4.28 Å². The molecule has 33 heavy (non-hydrogen) atoms. The second-order valence-electron chi connectivity index (χ2n) is 9.31. The molecule has 2 aliphatic heterocycles. The van der Waals surface area contributed by atoms with Gasteiger partial charge >= 0.3 is 10.1 Å². The molecule has 0 aliphatic carbocycles. The number of nitrogens with zero attached hydrogens (tertiary/aromatic N) is 3. The minimum absolute atomic E-state index is 0.141. The molecule has 0 N–H and O–H groups in total. The van der Waals surface area contributed by atoms with Gasteiger partial charge in [-0.15, -0.1) is 0 Å². The number of hydrogen-bond acceptors (Lipinski definition) is 6. The van der Waals surface area contributed by atoms with E-state index in [1.54, 1.807) is 24.3 Å². The van der Waals surface area contributed by atoms with Gasteiger partial charge in [-0.2, -0.15) is 17.8 Å². The van der Waals surface area contributed by atoms with Gasteiger partial charge in [0.2, 0.25) is 5.91 Å². The predicted octanol–water partition coefficient (Wildman–Crippen LogP) is 2.71. The Bertz CT molecular complexity index is 1040. The van der Waals surface area contributed by atoms with Crippen LogP contribution in [0.4, 0.5) is 0 Å². The van der Waals surface area contributed by atoms with Crippen molar-refractivity contribution in [1.82, 2.24) is 14.9 Å². The Balaban J connectivity index is 1.48. The molecule has 0 aromatic heterocycles. The summed E-state index contributed by atoms with van der Waals surface area (Å²) in [6, 6.07) is 16.7. The fourth-order valence-corrected chi connectivity index (χ4v) is 5.66. The van der Waals surface area contributed by atoms with Gasteiger partial charge in [-0.05, 0) is 50.9 Å². The maximum Gasteiger partial charge on any atom is 0.313 e. The van der Waals surface area contributed by atoms with E-state index in [2.05, 4.69) is 24.1 Å². The van der Waals surface area contributed by atoms with Crippen molar-refractivity contribution in [2.45, 2.75) is 31.1 Å². The molecular weight excluding hydrogens is 438 g/mol. The van der Waals surface area contributed by atoms with Gasteiger partial charge in [0.25, 0.3) is 0 Å². The molecule has 2 heterocycles. The van der Waals surface area contributed by atoms with Gasteiger partial charge in [-0.3, -0.25) is 4.79 Å². The molecule has 4 rings (SSSR count). The average molecular weight is 472 g/mol. The number of rotatable bonds is 6. The van der Waals surface area contributed by atoms with Crippen molar-refractivity contribution in [2.24, 2.45) is 5.41 Å². The molecule has 2 fully saturated rings. The number of amides is 1. The predicted molar refractivity (Wildman–Crippen MR) is 127 cm³/mol. The van der Waals surface area contributed by atoms with E-state index in [0.29, 0.717) is 32.4 Å². The van der Waals surface area contributed by atoms with Gasteiger partial charge in [0.1, 0.15) is 0 Å². The van der Waals surface area contributed by atoms with Crippen LogP contribution in [0.3, 0.4) is 0 Å². The third-order valence-corrected chi connectivity index (χ3v) is 8.08. The average Bonchev–Trinajstić information content (AvgIpc) is 2.81. The van der Waals surface area contributed by atoms with Crippen molar-refractivity contribution in [3.05, 3.63) is 65.7 Å². The van der Waals surface area contributed by atoms with E-state index < -0.39 is 15.5 Å². The summed E-state index contributed by atoms with van der Waals surface area (Å²) in [6.07, 6.45) is 1.75. The van der Waals surface area contributed by atoms with Crippen molar-refractivity contribution in [2.75, 3.05) is 46.3 Å². The normalized spacial score (nSPS) is 20.0. The molecule has 0 spiro atoms. The smallest absolute Gasteiger partial charge is 0.313 e. The first-order chi connectivity index (χ1) is 15.8. The molecule has 0 unspecified atom stereocenters. The number of likely N-dealkylation sites (N-methyl/N-ethyl adjacent to an activating group) is 1. The first-order valence-corrected chi connectivity index (χ1v) is 13.0. The SMILES string of the molecule is Cc1ccc(S(=O)(=O)ON2CCC(Cc3ccccc3)(C(=O)N3CCN(C)CC3)CC2)cc1.